The minimum atomic E-state index is 0.133. The highest BCUT2D eigenvalue weighted by Gasteiger charge is 2.06. The van der Waals surface area contributed by atoms with Crippen LogP contribution in [0.2, 0.25) is 5.02 Å². The molecule has 1 aromatic heterocycles. The molecule has 88 valence electrons. The second-order valence-electron chi connectivity index (χ2n) is 3.64. The van der Waals surface area contributed by atoms with Crippen molar-refractivity contribution in [2.75, 3.05) is 5.32 Å². The smallest absolute Gasteiger partial charge is 0.223 e. The van der Waals surface area contributed by atoms with Crippen molar-refractivity contribution >= 4 is 33.5 Å². The zero-order valence-corrected chi connectivity index (χ0v) is 11.5. The van der Waals surface area contributed by atoms with Gasteiger partial charge in [-0.2, -0.15) is 0 Å². The lowest BCUT2D eigenvalue weighted by Gasteiger charge is -2.13. The van der Waals surface area contributed by atoms with Crippen molar-refractivity contribution in [1.82, 2.24) is 9.97 Å². The Labute approximate surface area is 113 Å². The van der Waals surface area contributed by atoms with Crippen LogP contribution in [0, 0.1) is 0 Å². The lowest BCUT2D eigenvalue weighted by atomic mass is 10.1. The summed E-state index contributed by atoms with van der Waals surface area (Å²) in [6.45, 7) is 2.05. The van der Waals surface area contributed by atoms with Crippen molar-refractivity contribution in [1.29, 1.82) is 0 Å². The maximum atomic E-state index is 5.84. The van der Waals surface area contributed by atoms with Crippen LogP contribution in [0.15, 0.2) is 41.1 Å². The number of hydrogen-bond acceptors (Lipinski definition) is 3. The summed E-state index contributed by atoms with van der Waals surface area (Å²) in [6, 6.07) is 7.85. The predicted octanol–water partition coefficient (Wildman–Crippen LogP) is 4.07. The zero-order chi connectivity index (χ0) is 12.3. The van der Waals surface area contributed by atoms with Crippen LogP contribution < -0.4 is 5.32 Å². The molecule has 1 aromatic carbocycles. The predicted molar refractivity (Wildman–Crippen MR) is 73.2 cm³/mol. The first-order valence-electron chi connectivity index (χ1n) is 5.14. The molecule has 1 atom stereocenters. The lowest BCUT2D eigenvalue weighted by molar-refractivity contribution is 0.859. The third kappa shape index (κ3) is 3.41. The molecule has 1 unspecified atom stereocenters. The second kappa shape index (κ2) is 5.47. The summed E-state index contributed by atoms with van der Waals surface area (Å²) in [5.74, 6) is 0.607. The van der Waals surface area contributed by atoms with Gasteiger partial charge in [-0.05, 0) is 40.5 Å². The molecule has 0 radical (unpaired) electrons. The summed E-state index contributed by atoms with van der Waals surface area (Å²) in [7, 11) is 0. The monoisotopic (exact) mass is 311 g/mol. The van der Waals surface area contributed by atoms with Gasteiger partial charge in [0.25, 0.3) is 0 Å². The number of anilines is 1. The Hall–Kier alpha value is -1.13. The van der Waals surface area contributed by atoms with Crippen LogP contribution >= 0.6 is 27.5 Å². The van der Waals surface area contributed by atoms with Gasteiger partial charge in [-0.1, -0.05) is 23.7 Å². The highest BCUT2D eigenvalue weighted by molar-refractivity contribution is 9.10. The summed E-state index contributed by atoms with van der Waals surface area (Å²) in [5, 5.41) is 3.96. The first kappa shape index (κ1) is 12.3. The first-order chi connectivity index (χ1) is 8.15. The number of rotatable bonds is 3. The number of benzene rings is 1. The molecule has 1 N–H and O–H groups in total. The number of aromatic nitrogens is 2. The normalized spacial score (nSPS) is 12.2. The average molecular weight is 313 g/mol. The Balaban J connectivity index is 2.08. The van der Waals surface area contributed by atoms with Gasteiger partial charge in [0, 0.05) is 17.4 Å². The third-order valence-electron chi connectivity index (χ3n) is 2.34. The van der Waals surface area contributed by atoms with Gasteiger partial charge >= 0.3 is 0 Å². The van der Waals surface area contributed by atoms with Gasteiger partial charge in [-0.25, -0.2) is 9.97 Å². The van der Waals surface area contributed by atoms with E-state index >= 15 is 0 Å². The average Bonchev–Trinajstić information content (AvgIpc) is 2.33. The molecule has 0 amide bonds. The topological polar surface area (TPSA) is 37.8 Å². The molecular formula is C12H11BrClN3. The fourth-order valence-corrected chi connectivity index (χ4v) is 1.75. The molecule has 0 spiro atoms. The van der Waals surface area contributed by atoms with Crippen molar-refractivity contribution in [3.05, 3.63) is 51.7 Å². The molecule has 0 fully saturated rings. The van der Waals surface area contributed by atoms with Crippen LogP contribution in [0.1, 0.15) is 18.5 Å². The highest BCUT2D eigenvalue weighted by atomic mass is 79.9. The molecule has 3 nitrogen and oxygen atoms in total. The van der Waals surface area contributed by atoms with Crippen LogP contribution in [-0.2, 0) is 0 Å². The van der Waals surface area contributed by atoms with Crippen molar-refractivity contribution in [3.63, 3.8) is 0 Å². The van der Waals surface area contributed by atoms with E-state index in [-0.39, 0.29) is 6.04 Å². The Morgan fingerprint density at radius 2 is 1.76 bits per heavy atom. The Morgan fingerprint density at radius 1 is 1.18 bits per heavy atom. The molecule has 0 aliphatic rings. The number of nitrogens with zero attached hydrogens (tertiary/aromatic N) is 2. The van der Waals surface area contributed by atoms with Gasteiger partial charge in [0.2, 0.25) is 5.95 Å². The van der Waals surface area contributed by atoms with Crippen LogP contribution in [0.4, 0.5) is 5.95 Å². The van der Waals surface area contributed by atoms with Crippen molar-refractivity contribution < 1.29 is 0 Å². The van der Waals surface area contributed by atoms with E-state index in [9.17, 15) is 0 Å². The van der Waals surface area contributed by atoms with Gasteiger partial charge in [0.05, 0.1) is 10.5 Å². The van der Waals surface area contributed by atoms with Gasteiger partial charge in [-0.3, -0.25) is 0 Å². The SMILES string of the molecule is CC(Nc1ncc(Br)cn1)c1ccc(Cl)cc1. The van der Waals surface area contributed by atoms with Crippen LogP contribution in [0.5, 0.6) is 0 Å². The lowest BCUT2D eigenvalue weighted by Crippen LogP contribution is -2.08. The Morgan fingerprint density at radius 3 is 2.35 bits per heavy atom. The molecule has 5 heteroatoms. The summed E-state index contributed by atoms with van der Waals surface area (Å²) in [5.41, 5.74) is 1.14. The van der Waals surface area contributed by atoms with Gasteiger partial charge < -0.3 is 5.32 Å². The molecule has 0 saturated heterocycles. The quantitative estimate of drug-likeness (QED) is 0.928. The minimum Gasteiger partial charge on any atom is -0.348 e. The fourth-order valence-electron chi connectivity index (χ4n) is 1.42. The van der Waals surface area contributed by atoms with E-state index in [2.05, 4.69) is 38.1 Å². The summed E-state index contributed by atoms with van der Waals surface area (Å²) >= 11 is 9.14. The molecule has 0 aliphatic carbocycles. The van der Waals surface area contributed by atoms with E-state index in [0.717, 1.165) is 15.1 Å². The first-order valence-corrected chi connectivity index (χ1v) is 6.32. The fraction of sp³-hybridized carbons (Fsp3) is 0.167. The standard InChI is InChI=1S/C12H11BrClN3/c1-8(9-2-4-11(14)5-3-9)17-12-15-6-10(13)7-16-12/h2-8H,1H3,(H,15,16,17). The van der Waals surface area contributed by atoms with E-state index in [1.54, 1.807) is 12.4 Å². The number of halogens is 2. The van der Waals surface area contributed by atoms with Crippen molar-refractivity contribution in [2.45, 2.75) is 13.0 Å². The molecule has 0 aliphatic heterocycles. The molecular weight excluding hydrogens is 302 g/mol. The van der Waals surface area contributed by atoms with Gasteiger partial charge in [-0.15, -0.1) is 0 Å². The van der Waals surface area contributed by atoms with Crippen LogP contribution in [0.25, 0.3) is 0 Å². The Kier molecular flexibility index (Phi) is 3.97. The van der Waals surface area contributed by atoms with Crippen LogP contribution in [-0.4, -0.2) is 9.97 Å². The largest absolute Gasteiger partial charge is 0.348 e. The van der Waals surface area contributed by atoms with Crippen LogP contribution in [0.3, 0.4) is 0 Å². The second-order valence-corrected chi connectivity index (χ2v) is 4.99. The van der Waals surface area contributed by atoms with Gasteiger partial charge in [0.15, 0.2) is 0 Å². The van der Waals surface area contributed by atoms with Gasteiger partial charge in [0.1, 0.15) is 0 Å². The third-order valence-corrected chi connectivity index (χ3v) is 3.00. The summed E-state index contributed by atoms with van der Waals surface area (Å²) < 4.78 is 0.863. The molecule has 17 heavy (non-hydrogen) atoms. The molecule has 1 heterocycles. The number of hydrogen-bond donors (Lipinski definition) is 1. The zero-order valence-electron chi connectivity index (χ0n) is 9.19. The van der Waals surface area contributed by atoms with E-state index in [1.807, 2.05) is 24.3 Å². The maximum Gasteiger partial charge on any atom is 0.223 e. The van der Waals surface area contributed by atoms with Crippen molar-refractivity contribution in [2.24, 2.45) is 0 Å². The van der Waals surface area contributed by atoms with E-state index < -0.39 is 0 Å². The van der Waals surface area contributed by atoms with E-state index in [1.165, 1.54) is 0 Å². The molecule has 0 bridgehead atoms. The van der Waals surface area contributed by atoms with E-state index in [0.29, 0.717) is 5.95 Å². The molecule has 2 rings (SSSR count). The highest BCUT2D eigenvalue weighted by Crippen LogP contribution is 2.19. The summed E-state index contributed by atoms with van der Waals surface area (Å²) in [6.07, 6.45) is 3.42. The minimum absolute atomic E-state index is 0.133. The maximum absolute atomic E-state index is 5.84. The number of nitrogens with one attached hydrogen (secondary N) is 1. The van der Waals surface area contributed by atoms with Crippen molar-refractivity contribution in [3.8, 4) is 0 Å². The molecule has 2 aromatic rings. The molecule has 0 saturated carbocycles. The Bertz CT molecular complexity index is 484. The van der Waals surface area contributed by atoms with E-state index in [4.69, 9.17) is 11.6 Å². The summed E-state index contributed by atoms with van der Waals surface area (Å²) in [4.78, 5) is 8.33.